The Bertz CT molecular complexity index is 466. The van der Waals surface area contributed by atoms with Gasteiger partial charge in [0.15, 0.2) is 0 Å². The standard InChI is InChI=1S/C12H13BrF3N/c1-11(2)10-7(6-17(11)3)4-8(13)5-9(10)12(14,15)16/h4-5H,6H2,1-3H3. The fourth-order valence-corrected chi connectivity index (χ4v) is 2.88. The molecule has 0 bridgehead atoms. The molecule has 1 aliphatic heterocycles. The van der Waals surface area contributed by atoms with Gasteiger partial charge in [0.25, 0.3) is 0 Å². The van der Waals surface area contributed by atoms with E-state index < -0.39 is 17.3 Å². The number of fused-ring (bicyclic) bond motifs is 1. The molecule has 1 nitrogen and oxygen atoms in total. The van der Waals surface area contributed by atoms with Gasteiger partial charge in [0.2, 0.25) is 0 Å². The Morgan fingerprint density at radius 2 is 1.88 bits per heavy atom. The molecular weight excluding hydrogens is 295 g/mol. The summed E-state index contributed by atoms with van der Waals surface area (Å²) in [5.41, 5.74) is 0.0343. The Balaban J connectivity index is 2.73. The van der Waals surface area contributed by atoms with Crippen LogP contribution < -0.4 is 0 Å². The molecule has 0 saturated carbocycles. The highest BCUT2D eigenvalue weighted by atomic mass is 79.9. The van der Waals surface area contributed by atoms with Crippen molar-refractivity contribution in [2.45, 2.75) is 32.1 Å². The maximum atomic E-state index is 13.1. The molecule has 0 aromatic heterocycles. The number of hydrogen-bond acceptors (Lipinski definition) is 1. The normalized spacial score (nSPS) is 19.5. The van der Waals surface area contributed by atoms with Crippen molar-refractivity contribution in [3.63, 3.8) is 0 Å². The van der Waals surface area contributed by atoms with Gasteiger partial charge in [-0.2, -0.15) is 13.2 Å². The minimum atomic E-state index is -4.31. The number of nitrogens with zero attached hydrogens (tertiary/aromatic N) is 1. The summed E-state index contributed by atoms with van der Waals surface area (Å²) >= 11 is 3.15. The zero-order valence-electron chi connectivity index (χ0n) is 9.82. The van der Waals surface area contributed by atoms with Crippen molar-refractivity contribution in [1.82, 2.24) is 4.90 Å². The zero-order chi connectivity index (χ0) is 13.0. The molecule has 1 aromatic rings. The molecule has 1 aliphatic rings. The summed E-state index contributed by atoms with van der Waals surface area (Å²) in [6.07, 6.45) is -4.31. The highest BCUT2D eigenvalue weighted by Gasteiger charge is 2.44. The average molecular weight is 308 g/mol. The van der Waals surface area contributed by atoms with Crippen LogP contribution in [-0.4, -0.2) is 11.9 Å². The molecule has 0 radical (unpaired) electrons. The summed E-state index contributed by atoms with van der Waals surface area (Å²) in [6.45, 7) is 4.19. The van der Waals surface area contributed by atoms with E-state index in [9.17, 15) is 13.2 Å². The van der Waals surface area contributed by atoms with Gasteiger partial charge in [-0.15, -0.1) is 0 Å². The minimum absolute atomic E-state index is 0.399. The van der Waals surface area contributed by atoms with E-state index in [0.717, 1.165) is 5.56 Å². The summed E-state index contributed by atoms with van der Waals surface area (Å²) in [6, 6.07) is 2.94. The van der Waals surface area contributed by atoms with Gasteiger partial charge < -0.3 is 0 Å². The maximum Gasteiger partial charge on any atom is 0.416 e. The van der Waals surface area contributed by atoms with E-state index in [-0.39, 0.29) is 0 Å². The van der Waals surface area contributed by atoms with Crippen molar-refractivity contribution in [3.05, 3.63) is 33.3 Å². The molecule has 0 atom stereocenters. The summed E-state index contributed by atoms with van der Waals surface area (Å²) in [7, 11) is 1.84. The van der Waals surface area contributed by atoms with Crippen LogP contribution in [-0.2, 0) is 18.3 Å². The second-order valence-electron chi connectivity index (χ2n) is 4.90. The van der Waals surface area contributed by atoms with Crippen molar-refractivity contribution >= 4 is 15.9 Å². The van der Waals surface area contributed by atoms with Gasteiger partial charge in [-0.05, 0) is 44.2 Å². The van der Waals surface area contributed by atoms with Crippen molar-refractivity contribution in [2.24, 2.45) is 0 Å². The first kappa shape index (κ1) is 12.9. The third-order valence-corrected chi connectivity index (χ3v) is 3.92. The van der Waals surface area contributed by atoms with Gasteiger partial charge in [0.1, 0.15) is 0 Å². The van der Waals surface area contributed by atoms with Crippen LogP contribution in [0.15, 0.2) is 16.6 Å². The van der Waals surface area contributed by atoms with Crippen molar-refractivity contribution in [1.29, 1.82) is 0 Å². The topological polar surface area (TPSA) is 3.24 Å². The smallest absolute Gasteiger partial charge is 0.293 e. The Kier molecular flexibility index (Phi) is 2.82. The van der Waals surface area contributed by atoms with E-state index in [1.807, 2.05) is 25.8 Å². The highest BCUT2D eigenvalue weighted by Crippen LogP contribution is 2.46. The van der Waals surface area contributed by atoms with Crippen molar-refractivity contribution < 1.29 is 13.2 Å². The molecule has 1 aromatic carbocycles. The molecule has 2 rings (SSSR count). The van der Waals surface area contributed by atoms with E-state index in [2.05, 4.69) is 15.9 Å². The van der Waals surface area contributed by atoms with Gasteiger partial charge in [-0.3, -0.25) is 4.90 Å². The third-order valence-electron chi connectivity index (χ3n) is 3.46. The molecule has 0 saturated heterocycles. The average Bonchev–Trinajstić information content (AvgIpc) is 2.35. The van der Waals surface area contributed by atoms with Crippen molar-refractivity contribution in [2.75, 3.05) is 7.05 Å². The predicted octanol–water partition coefficient (Wildman–Crippen LogP) is 4.15. The molecule has 0 aliphatic carbocycles. The Labute approximate surface area is 107 Å². The Morgan fingerprint density at radius 3 is 2.41 bits per heavy atom. The van der Waals surface area contributed by atoms with Crippen LogP contribution in [0.2, 0.25) is 0 Å². The second kappa shape index (κ2) is 3.72. The second-order valence-corrected chi connectivity index (χ2v) is 5.82. The van der Waals surface area contributed by atoms with Crippen LogP contribution in [0.1, 0.15) is 30.5 Å². The lowest BCUT2D eigenvalue weighted by molar-refractivity contribution is -0.139. The maximum absolute atomic E-state index is 13.1. The SMILES string of the molecule is CN1Cc2cc(Br)cc(C(F)(F)F)c2C1(C)C. The van der Waals surface area contributed by atoms with Crippen LogP contribution >= 0.6 is 15.9 Å². The molecule has 5 heteroatoms. The van der Waals surface area contributed by atoms with Gasteiger partial charge in [0, 0.05) is 16.6 Å². The molecule has 0 spiro atoms. The predicted molar refractivity (Wildman–Crippen MR) is 63.6 cm³/mol. The highest BCUT2D eigenvalue weighted by molar-refractivity contribution is 9.10. The summed E-state index contributed by atoms with van der Waals surface area (Å²) in [5, 5.41) is 0. The number of halogens is 4. The van der Waals surface area contributed by atoms with E-state index in [1.165, 1.54) is 6.07 Å². The van der Waals surface area contributed by atoms with Gasteiger partial charge in [0.05, 0.1) is 5.56 Å². The lowest BCUT2D eigenvalue weighted by Gasteiger charge is -2.30. The van der Waals surface area contributed by atoms with Gasteiger partial charge in [-0.1, -0.05) is 15.9 Å². The molecule has 94 valence electrons. The monoisotopic (exact) mass is 307 g/mol. The summed E-state index contributed by atoms with van der Waals surface area (Å²) in [4.78, 5) is 1.93. The van der Waals surface area contributed by atoms with Crippen LogP contribution in [0.25, 0.3) is 0 Å². The molecule has 0 unspecified atom stereocenters. The first-order valence-electron chi connectivity index (χ1n) is 5.25. The molecule has 0 fully saturated rings. The summed E-state index contributed by atoms with van der Waals surface area (Å²) < 4.78 is 39.6. The molecular formula is C12H13BrF3N. The van der Waals surface area contributed by atoms with E-state index in [1.54, 1.807) is 6.07 Å². The summed E-state index contributed by atoms with van der Waals surface area (Å²) in [5.74, 6) is 0. The van der Waals surface area contributed by atoms with Crippen LogP contribution in [0, 0.1) is 0 Å². The van der Waals surface area contributed by atoms with Crippen molar-refractivity contribution in [3.8, 4) is 0 Å². The number of alkyl halides is 3. The van der Waals surface area contributed by atoms with Crippen LogP contribution in [0.3, 0.4) is 0 Å². The molecule has 0 amide bonds. The lowest BCUT2D eigenvalue weighted by atomic mass is 9.89. The third kappa shape index (κ3) is 1.99. The molecule has 17 heavy (non-hydrogen) atoms. The van der Waals surface area contributed by atoms with Crippen LogP contribution in [0.5, 0.6) is 0 Å². The fourth-order valence-electron chi connectivity index (χ4n) is 2.38. The fraction of sp³-hybridized carbons (Fsp3) is 0.500. The van der Waals surface area contributed by atoms with E-state index in [0.29, 0.717) is 16.6 Å². The number of hydrogen-bond donors (Lipinski definition) is 0. The zero-order valence-corrected chi connectivity index (χ0v) is 11.4. The van der Waals surface area contributed by atoms with Gasteiger partial charge in [-0.25, -0.2) is 0 Å². The molecule has 1 heterocycles. The Hall–Kier alpha value is -0.550. The lowest BCUT2D eigenvalue weighted by Crippen LogP contribution is -2.33. The largest absolute Gasteiger partial charge is 0.416 e. The number of benzene rings is 1. The first-order valence-corrected chi connectivity index (χ1v) is 6.04. The first-order chi connectivity index (χ1) is 7.64. The molecule has 0 N–H and O–H groups in total. The Morgan fingerprint density at radius 1 is 1.29 bits per heavy atom. The van der Waals surface area contributed by atoms with Crippen LogP contribution in [0.4, 0.5) is 13.2 Å². The minimum Gasteiger partial charge on any atom is -0.293 e. The van der Waals surface area contributed by atoms with E-state index in [4.69, 9.17) is 0 Å². The quantitative estimate of drug-likeness (QED) is 0.696. The number of rotatable bonds is 0. The van der Waals surface area contributed by atoms with Gasteiger partial charge >= 0.3 is 6.18 Å². The van der Waals surface area contributed by atoms with E-state index >= 15 is 0 Å².